The lowest BCUT2D eigenvalue weighted by atomic mass is 9.99. The summed E-state index contributed by atoms with van der Waals surface area (Å²) in [4.78, 5) is 4.37. The van der Waals surface area contributed by atoms with Gasteiger partial charge in [-0.25, -0.2) is 0 Å². The van der Waals surface area contributed by atoms with Crippen LogP contribution in [-0.4, -0.2) is 9.55 Å². The van der Waals surface area contributed by atoms with Gasteiger partial charge in [-0.2, -0.15) is 0 Å². The maximum Gasteiger partial charge on any atom is 0.136 e. The number of fused-ring (bicyclic) bond motifs is 7. The van der Waals surface area contributed by atoms with Gasteiger partial charge in [-0.05, 0) is 82.2 Å². The lowest BCUT2D eigenvalue weighted by Gasteiger charge is -2.11. The molecule has 9 aromatic rings. The van der Waals surface area contributed by atoms with Crippen molar-refractivity contribution in [2.75, 3.05) is 0 Å². The topological polar surface area (TPSA) is 31.0 Å². The van der Waals surface area contributed by atoms with Gasteiger partial charge >= 0.3 is 0 Å². The van der Waals surface area contributed by atoms with E-state index in [1.54, 1.807) is 0 Å². The molecule has 0 radical (unpaired) electrons. The molecule has 0 unspecified atom stereocenters. The molecule has 196 valence electrons. The summed E-state index contributed by atoms with van der Waals surface area (Å²) >= 11 is 0. The van der Waals surface area contributed by atoms with Crippen LogP contribution in [0.1, 0.15) is 0 Å². The van der Waals surface area contributed by atoms with Crippen LogP contribution in [-0.2, 0) is 0 Å². The summed E-state index contributed by atoms with van der Waals surface area (Å²) in [5.74, 6) is 0. The summed E-state index contributed by atoms with van der Waals surface area (Å²) in [5, 5.41) is 7.14. The van der Waals surface area contributed by atoms with Gasteiger partial charge in [-0.15, -0.1) is 0 Å². The van der Waals surface area contributed by atoms with Crippen molar-refractivity contribution in [3.8, 4) is 27.9 Å². The minimum Gasteiger partial charge on any atom is -0.456 e. The molecule has 0 bridgehead atoms. The molecule has 3 heteroatoms. The summed E-state index contributed by atoms with van der Waals surface area (Å²) in [6, 6.07) is 47.6. The van der Waals surface area contributed by atoms with Gasteiger partial charge in [-0.1, -0.05) is 78.9 Å². The van der Waals surface area contributed by atoms with Gasteiger partial charge in [0.2, 0.25) is 0 Å². The molecule has 0 aliphatic heterocycles. The highest BCUT2D eigenvalue weighted by Gasteiger charge is 2.15. The van der Waals surface area contributed by atoms with Gasteiger partial charge in [0.1, 0.15) is 11.2 Å². The van der Waals surface area contributed by atoms with Crippen LogP contribution in [0.4, 0.5) is 0 Å². The first-order valence-electron chi connectivity index (χ1n) is 14.2. The van der Waals surface area contributed by atoms with Crippen LogP contribution >= 0.6 is 0 Å². The normalized spacial score (nSPS) is 11.8. The zero-order valence-corrected chi connectivity index (χ0v) is 22.7. The Bertz CT molecular complexity index is 2460. The van der Waals surface area contributed by atoms with Crippen LogP contribution < -0.4 is 0 Å². The largest absolute Gasteiger partial charge is 0.456 e. The fourth-order valence-electron chi connectivity index (χ4n) is 6.49. The molecule has 0 saturated heterocycles. The summed E-state index contributed by atoms with van der Waals surface area (Å²) in [6.45, 7) is 0. The third kappa shape index (κ3) is 3.44. The van der Waals surface area contributed by atoms with Crippen LogP contribution in [0.15, 0.2) is 150 Å². The van der Waals surface area contributed by atoms with E-state index in [1.807, 2.05) is 24.5 Å². The second-order valence-corrected chi connectivity index (χ2v) is 10.8. The first-order valence-corrected chi connectivity index (χ1v) is 14.2. The highest BCUT2D eigenvalue weighted by molar-refractivity contribution is 6.11. The Kier molecular flexibility index (Phi) is 4.90. The van der Waals surface area contributed by atoms with Crippen LogP contribution in [0.2, 0.25) is 0 Å². The molecule has 0 spiro atoms. The fraction of sp³-hybridized carbons (Fsp3) is 0. The Morgan fingerprint density at radius 1 is 0.476 bits per heavy atom. The SMILES string of the molecule is c1cc(-c2ccc(-n3c4ccccc4c4cc(-c5ccc6c(c5)oc5ccccc56)ccc43)cc2)c2cnccc2c1. The molecule has 3 heterocycles. The Labute approximate surface area is 241 Å². The molecule has 0 N–H and O–H groups in total. The number of hydrogen-bond donors (Lipinski definition) is 0. The Hall–Kier alpha value is -5.67. The van der Waals surface area contributed by atoms with E-state index < -0.39 is 0 Å². The molecule has 0 aliphatic rings. The number of pyridine rings is 1. The number of benzene rings is 6. The Morgan fingerprint density at radius 2 is 1.21 bits per heavy atom. The molecular formula is C39H24N2O. The monoisotopic (exact) mass is 536 g/mol. The van der Waals surface area contributed by atoms with Gasteiger partial charge < -0.3 is 8.98 Å². The van der Waals surface area contributed by atoms with Gasteiger partial charge in [0.15, 0.2) is 0 Å². The number of para-hydroxylation sites is 2. The summed E-state index contributed by atoms with van der Waals surface area (Å²) in [5.41, 5.74) is 10.1. The summed E-state index contributed by atoms with van der Waals surface area (Å²) in [7, 11) is 0. The molecule has 0 fully saturated rings. The smallest absolute Gasteiger partial charge is 0.136 e. The molecular weight excluding hydrogens is 512 g/mol. The molecule has 3 aromatic heterocycles. The van der Waals surface area contributed by atoms with E-state index in [4.69, 9.17) is 4.42 Å². The second-order valence-electron chi connectivity index (χ2n) is 10.8. The number of aromatic nitrogens is 2. The van der Waals surface area contributed by atoms with E-state index in [0.29, 0.717) is 0 Å². The molecule has 0 amide bonds. The highest BCUT2D eigenvalue weighted by atomic mass is 16.3. The van der Waals surface area contributed by atoms with Gasteiger partial charge in [0.05, 0.1) is 11.0 Å². The first-order chi connectivity index (χ1) is 20.8. The van der Waals surface area contributed by atoms with Gasteiger partial charge in [-0.3, -0.25) is 4.98 Å². The Morgan fingerprint density at radius 3 is 2.14 bits per heavy atom. The third-order valence-corrected chi connectivity index (χ3v) is 8.50. The van der Waals surface area contributed by atoms with Crippen LogP contribution in [0.5, 0.6) is 0 Å². The average Bonchev–Trinajstić information content (AvgIpc) is 3.59. The van der Waals surface area contributed by atoms with Crippen molar-refractivity contribution in [3.05, 3.63) is 146 Å². The van der Waals surface area contributed by atoms with Crippen molar-refractivity contribution in [2.24, 2.45) is 0 Å². The minimum atomic E-state index is 0.915. The van der Waals surface area contributed by atoms with Crippen LogP contribution in [0.25, 0.3) is 82.5 Å². The zero-order valence-electron chi connectivity index (χ0n) is 22.7. The number of hydrogen-bond acceptors (Lipinski definition) is 2. The maximum atomic E-state index is 6.19. The third-order valence-electron chi connectivity index (χ3n) is 8.50. The average molecular weight is 537 g/mol. The standard InChI is InChI=1S/C39H24N2O/c1-3-10-36-31(7-1)34-22-27(28-14-18-33-32-8-2-4-11-38(32)42-39(33)23-28)15-19-37(34)41(36)29-16-12-26(13-17-29)30-9-5-6-25-20-21-40-24-35(25)30/h1-24H. The van der Waals surface area contributed by atoms with Gasteiger partial charge in [0.25, 0.3) is 0 Å². The quantitative estimate of drug-likeness (QED) is 0.225. The summed E-state index contributed by atoms with van der Waals surface area (Å²) < 4.78 is 8.56. The van der Waals surface area contributed by atoms with Crippen molar-refractivity contribution in [3.63, 3.8) is 0 Å². The lowest BCUT2D eigenvalue weighted by molar-refractivity contribution is 0.669. The predicted molar refractivity (Wildman–Crippen MR) is 174 cm³/mol. The van der Waals surface area contributed by atoms with Crippen molar-refractivity contribution < 1.29 is 4.42 Å². The van der Waals surface area contributed by atoms with Crippen LogP contribution in [0.3, 0.4) is 0 Å². The van der Waals surface area contributed by atoms with E-state index in [2.05, 4.69) is 131 Å². The first kappa shape index (κ1) is 23.1. The van der Waals surface area contributed by atoms with E-state index in [0.717, 1.165) is 38.6 Å². The van der Waals surface area contributed by atoms with Gasteiger partial charge in [0, 0.05) is 45.0 Å². The number of furan rings is 1. The Balaban J connectivity index is 1.18. The molecule has 0 aliphatic carbocycles. The van der Waals surface area contributed by atoms with Crippen molar-refractivity contribution in [1.82, 2.24) is 9.55 Å². The van der Waals surface area contributed by atoms with Crippen molar-refractivity contribution in [1.29, 1.82) is 0 Å². The van der Waals surface area contributed by atoms with Crippen molar-refractivity contribution >= 4 is 54.5 Å². The van der Waals surface area contributed by atoms with Crippen molar-refractivity contribution in [2.45, 2.75) is 0 Å². The van der Waals surface area contributed by atoms with E-state index in [9.17, 15) is 0 Å². The van der Waals surface area contributed by atoms with E-state index in [-0.39, 0.29) is 0 Å². The number of rotatable bonds is 3. The summed E-state index contributed by atoms with van der Waals surface area (Å²) in [6.07, 6.45) is 3.80. The van der Waals surface area contributed by atoms with E-state index >= 15 is 0 Å². The molecule has 42 heavy (non-hydrogen) atoms. The maximum absolute atomic E-state index is 6.19. The molecule has 9 rings (SSSR count). The minimum absolute atomic E-state index is 0.915. The molecule has 0 saturated carbocycles. The number of nitrogens with zero attached hydrogens (tertiary/aromatic N) is 2. The molecule has 6 aromatic carbocycles. The molecule has 3 nitrogen and oxygen atoms in total. The fourth-order valence-corrected chi connectivity index (χ4v) is 6.49. The van der Waals surface area contributed by atoms with Crippen LogP contribution in [0, 0.1) is 0 Å². The molecule has 0 atom stereocenters. The zero-order chi connectivity index (χ0) is 27.6. The lowest BCUT2D eigenvalue weighted by Crippen LogP contribution is -1.94. The highest BCUT2D eigenvalue weighted by Crippen LogP contribution is 2.37. The second kappa shape index (κ2) is 8.92. The van der Waals surface area contributed by atoms with E-state index in [1.165, 1.54) is 43.9 Å². The predicted octanol–water partition coefficient (Wildman–Crippen LogP) is 10.6.